The molecule has 1 aromatic heterocycles. The van der Waals surface area contributed by atoms with E-state index in [0.29, 0.717) is 29.8 Å². The smallest absolute Gasteiger partial charge is 0.338 e. The van der Waals surface area contributed by atoms with Crippen LogP contribution in [0.1, 0.15) is 52.9 Å². The highest BCUT2D eigenvalue weighted by atomic mass is 19.1. The Bertz CT molecular complexity index is 1450. The van der Waals surface area contributed by atoms with E-state index in [1.807, 2.05) is 54.6 Å². The van der Waals surface area contributed by atoms with Crippen molar-refractivity contribution >= 4 is 16.9 Å². The fourth-order valence-electron chi connectivity index (χ4n) is 6.55. The van der Waals surface area contributed by atoms with Gasteiger partial charge in [-0.05, 0) is 84.7 Å². The zero-order valence-corrected chi connectivity index (χ0v) is 20.2. The minimum atomic E-state index is -0.449. The molecule has 6 rings (SSSR count). The van der Waals surface area contributed by atoms with Crippen molar-refractivity contribution < 1.29 is 18.7 Å². The lowest BCUT2D eigenvalue weighted by molar-refractivity contribution is 0.0597. The normalized spacial score (nSPS) is 22.6. The molecular formula is C31H28FNO3. The van der Waals surface area contributed by atoms with Crippen LogP contribution < -0.4 is 4.74 Å². The molecule has 2 saturated carbocycles. The van der Waals surface area contributed by atoms with Crippen LogP contribution in [0, 0.1) is 17.7 Å². The molecule has 5 heteroatoms. The van der Waals surface area contributed by atoms with Crippen molar-refractivity contribution in [2.24, 2.45) is 11.8 Å². The summed E-state index contributed by atoms with van der Waals surface area (Å²) in [7, 11) is 1.40. The second-order valence-corrected chi connectivity index (χ2v) is 10.0. The zero-order chi connectivity index (χ0) is 24.7. The minimum Gasteiger partial charge on any atom is -0.487 e. The molecule has 0 N–H and O–H groups in total. The number of carbonyl (C=O) groups excluding carboxylic acids is 1. The van der Waals surface area contributed by atoms with E-state index >= 15 is 0 Å². The number of benzene rings is 3. The van der Waals surface area contributed by atoms with Gasteiger partial charge in [0, 0.05) is 10.8 Å². The molecule has 3 aromatic carbocycles. The number of aromatic nitrogens is 1. The summed E-state index contributed by atoms with van der Waals surface area (Å²) in [6, 6.07) is 24.4. The standard InChI is InChI=1S/C31H28FNO3/c1-35-30(34)27-14-13-26(36-19-25-12-10-21-5-2-3-8-29(21)33-25)17-28(27)31(18-20-9-11-23(31)15-20)22-6-4-7-24(32)16-22/h2-8,10,12-14,16-17,20,23H,9,11,15,18-19H2,1H3/t20-,23-,31-/m0/s1. The van der Waals surface area contributed by atoms with Gasteiger partial charge in [0.05, 0.1) is 23.9 Å². The highest BCUT2D eigenvalue weighted by molar-refractivity contribution is 5.92. The molecule has 2 fully saturated rings. The second kappa shape index (κ2) is 9.05. The van der Waals surface area contributed by atoms with Crippen LogP contribution in [0.15, 0.2) is 78.9 Å². The van der Waals surface area contributed by atoms with Crippen LogP contribution in [0.5, 0.6) is 5.75 Å². The number of pyridine rings is 1. The summed E-state index contributed by atoms with van der Waals surface area (Å²) in [6.07, 6.45) is 4.22. The van der Waals surface area contributed by atoms with E-state index in [2.05, 4.69) is 0 Å². The third-order valence-corrected chi connectivity index (χ3v) is 8.11. The zero-order valence-electron chi connectivity index (χ0n) is 20.2. The number of nitrogens with zero attached hydrogens (tertiary/aromatic N) is 1. The number of hydrogen-bond acceptors (Lipinski definition) is 4. The summed E-state index contributed by atoms with van der Waals surface area (Å²) in [6.45, 7) is 0.306. The van der Waals surface area contributed by atoms with Crippen molar-refractivity contribution in [3.63, 3.8) is 0 Å². The number of halogens is 1. The molecule has 182 valence electrons. The van der Waals surface area contributed by atoms with E-state index in [1.54, 1.807) is 18.2 Å². The summed E-state index contributed by atoms with van der Waals surface area (Å²) >= 11 is 0. The van der Waals surface area contributed by atoms with Gasteiger partial charge >= 0.3 is 5.97 Å². The molecule has 2 aliphatic rings. The monoisotopic (exact) mass is 481 g/mol. The lowest BCUT2D eigenvalue weighted by Gasteiger charge is -2.40. The van der Waals surface area contributed by atoms with Crippen LogP contribution in [0.25, 0.3) is 10.9 Å². The van der Waals surface area contributed by atoms with Gasteiger partial charge in [-0.25, -0.2) is 14.2 Å². The van der Waals surface area contributed by atoms with Gasteiger partial charge in [0.15, 0.2) is 0 Å². The second-order valence-electron chi connectivity index (χ2n) is 10.0. The van der Waals surface area contributed by atoms with Crippen molar-refractivity contribution in [3.8, 4) is 5.75 Å². The first-order valence-electron chi connectivity index (χ1n) is 12.5. The summed E-state index contributed by atoms with van der Waals surface area (Å²) in [5, 5.41) is 1.08. The predicted octanol–water partition coefficient (Wildman–Crippen LogP) is 6.85. The molecule has 0 radical (unpaired) electrons. The molecule has 0 saturated heterocycles. The maximum Gasteiger partial charge on any atom is 0.338 e. The molecule has 2 aliphatic carbocycles. The maximum absolute atomic E-state index is 14.4. The van der Waals surface area contributed by atoms with Gasteiger partial charge in [-0.1, -0.05) is 42.8 Å². The van der Waals surface area contributed by atoms with E-state index in [0.717, 1.165) is 47.0 Å². The van der Waals surface area contributed by atoms with Gasteiger partial charge in [0.1, 0.15) is 18.2 Å². The number of hydrogen-bond donors (Lipinski definition) is 0. The molecule has 4 aromatic rings. The molecule has 0 spiro atoms. The first-order valence-corrected chi connectivity index (χ1v) is 12.5. The van der Waals surface area contributed by atoms with Crippen LogP contribution in [0.3, 0.4) is 0 Å². The van der Waals surface area contributed by atoms with Gasteiger partial charge in [-0.15, -0.1) is 0 Å². The van der Waals surface area contributed by atoms with Gasteiger partial charge in [-0.3, -0.25) is 0 Å². The molecule has 0 unspecified atom stereocenters. The van der Waals surface area contributed by atoms with E-state index in [4.69, 9.17) is 14.5 Å². The number of ether oxygens (including phenoxy) is 2. The Balaban J connectivity index is 1.41. The Morgan fingerprint density at radius 1 is 1.03 bits per heavy atom. The summed E-state index contributed by atoms with van der Waals surface area (Å²) < 4.78 is 25.8. The van der Waals surface area contributed by atoms with Crippen LogP contribution in [-0.4, -0.2) is 18.1 Å². The minimum absolute atomic E-state index is 0.260. The van der Waals surface area contributed by atoms with Gasteiger partial charge in [0.2, 0.25) is 0 Å². The topological polar surface area (TPSA) is 48.4 Å². The Morgan fingerprint density at radius 3 is 2.69 bits per heavy atom. The average molecular weight is 482 g/mol. The third-order valence-electron chi connectivity index (χ3n) is 8.11. The average Bonchev–Trinajstić information content (AvgIpc) is 3.54. The van der Waals surface area contributed by atoms with E-state index in [9.17, 15) is 9.18 Å². The molecule has 3 atom stereocenters. The molecule has 0 amide bonds. The fraction of sp³-hybridized carbons (Fsp3) is 0.290. The summed E-state index contributed by atoms with van der Waals surface area (Å²) in [4.78, 5) is 17.6. The van der Waals surface area contributed by atoms with Gasteiger partial charge in [-0.2, -0.15) is 0 Å². The number of carbonyl (C=O) groups is 1. The van der Waals surface area contributed by atoms with Crippen molar-refractivity contribution in [2.45, 2.75) is 37.7 Å². The first-order chi connectivity index (χ1) is 17.6. The first kappa shape index (κ1) is 22.7. The maximum atomic E-state index is 14.4. The quantitative estimate of drug-likeness (QED) is 0.283. The lowest BCUT2D eigenvalue weighted by atomic mass is 9.63. The van der Waals surface area contributed by atoms with Crippen molar-refractivity contribution in [2.75, 3.05) is 7.11 Å². The number of fused-ring (bicyclic) bond motifs is 3. The molecule has 1 heterocycles. The predicted molar refractivity (Wildman–Crippen MR) is 136 cm³/mol. The Labute approximate surface area is 210 Å². The Kier molecular flexibility index (Phi) is 5.71. The number of para-hydroxylation sites is 1. The SMILES string of the molecule is COC(=O)c1ccc(OCc2ccc3ccccc3n2)cc1[C@]1(c2cccc(F)c2)C[C@H]2CC[C@H]1C2. The molecule has 0 aliphatic heterocycles. The Morgan fingerprint density at radius 2 is 1.92 bits per heavy atom. The van der Waals surface area contributed by atoms with Gasteiger partial charge < -0.3 is 9.47 Å². The number of rotatable bonds is 6. The molecule has 36 heavy (non-hydrogen) atoms. The molecule has 4 nitrogen and oxygen atoms in total. The summed E-state index contributed by atoms with van der Waals surface area (Å²) in [5.74, 6) is 0.918. The van der Waals surface area contributed by atoms with Crippen LogP contribution in [0.4, 0.5) is 4.39 Å². The fourth-order valence-corrected chi connectivity index (χ4v) is 6.55. The lowest BCUT2D eigenvalue weighted by Crippen LogP contribution is -2.36. The van der Waals surface area contributed by atoms with E-state index in [1.165, 1.54) is 19.6 Å². The van der Waals surface area contributed by atoms with Crippen LogP contribution in [-0.2, 0) is 16.8 Å². The molecular weight excluding hydrogens is 453 g/mol. The van der Waals surface area contributed by atoms with E-state index < -0.39 is 5.41 Å². The number of esters is 1. The summed E-state index contributed by atoms with van der Waals surface area (Å²) in [5.41, 5.74) is 3.61. The highest BCUT2D eigenvalue weighted by Gasteiger charge is 2.54. The van der Waals surface area contributed by atoms with Crippen molar-refractivity contribution in [1.82, 2.24) is 4.98 Å². The molecule has 2 bridgehead atoms. The van der Waals surface area contributed by atoms with Crippen LogP contribution in [0.2, 0.25) is 0 Å². The number of methoxy groups -OCH3 is 1. The van der Waals surface area contributed by atoms with Crippen molar-refractivity contribution in [3.05, 3.63) is 107 Å². The van der Waals surface area contributed by atoms with Crippen LogP contribution >= 0.6 is 0 Å². The van der Waals surface area contributed by atoms with E-state index in [-0.39, 0.29) is 11.8 Å². The Hall–Kier alpha value is -3.73. The van der Waals surface area contributed by atoms with Gasteiger partial charge in [0.25, 0.3) is 0 Å². The van der Waals surface area contributed by atoms with Crippen molar-refractivity contribution in [1.29, 1.82) is 0 Å². The largest absolute Gasteiger partial charge is 0.487 e. The third kappa shape index (κ3) is 3.83. The highest BCUT2D eigenvalue weighted by Crippen LogP contribution is 2.61.